The number of carbonyl (C=O) groups is 3. The number of hydrogen-bond acceptors (Lipinski definition) is 6. The predicted molar refractivity (Wildman–Crippen MR) is 148 cm³/mol. The van der Waals surface area contributed by atoms with Crippen LogP contribution in [0.25, 0.3) is 11.0 Å². The third-order valence-corrected chi connectivity index (χ3v) is 6.17. The van der Waals surface area contributed by atoms with Crippen LogP contribution in [-0.2, 0) is 28.7 Å². The van der Waals surface area contributed by atoms with E-state index in [1.54, 1.807) is 0 Å². The van der Waals surface area contributed by atoms with Gasteiger partial charge in [-0.3, -0.25) is 23.9 Å². The minimum absolute atomic E-state index is 0.0887. The molecule has 0 spiro atoms. The van der Waals surface area contributed by atoms with Crippen LogP contribution in [0.4, 0.5) is 28.0 Å². The van der Waals surface area contributed by atoms with Crippen molar-refractivity contribution in [3.8, 4) is 0 Å². The summed E-state index contributed by atoms with van der Waals surface area (Å²) in [6, 6.07) is -0.0611. The summed E-state index contributed by atoms with van der Waals surface area (Å²) >= 11 is 0. The Morgan fingerprint density at radius 2 is 1.91 bits per heavy atom. The number of rotatable bonds is 11. The molecule has 0 radical (unpaired) electrons. The Balaban J connectivity index is 1.94. The molecule has 0 aliphatic heterocycles. The quantitative estimate of drug-likeness (QED) is 0.191. The molecule has 43 heavy (non-hydrogen) atoms. The van der Waals surface area contributed by atoms with Gasteiger partial charge in [0.25, 0.3) is 5.56 Å². The topological polar surface area (TPSA) is 162 Å². The van der Waals surface area contributed by atoms with E-state index in [0.717, 1.165) is 12.3 Å². The predicted octanol–water partition coefficient (Wildman–Crippen LogP) is 3.52. The molecule has 3 aromatic heterocycles. The summed E-state index contributed by atoms with van der Waals surface area (Å²) in [4.78, 5) is 61.3. The van der Waals surface area contributed by atoms with Gasteiger partial charge in [0.05, 0.1) is 24.0 Å². The van der Waals surface area contributed by atoms with Crippen molar-refractivity contribution in [3.05, 3.63) is 63.9 Å². The zero-order chi connectivity index (χ0) is 32.1. The number of H-pyrrole nitrogens is 1. The highest BCUT2D eigenvalue weighted by atomic mass is 19.4. The molecule has 16 heteroatoms. The van der Waals surface area contributed by atoms with Crippen molar-refractivity contribution in [3.63, 3.8) is 0 Å². The van der Waals surface area contributed by atoms with Crippen LogP contribution in [0.15, 0.2) is 35.3 Å². The number of halogens is 4. The number of aromatic amines is 1. The lowest BCUT2D eigenvalue weighted by Crippen LogP contribution is -2.44. The number of aromatic nitrogens is 4. The van der Waals surface area contributed by atoms with Crippen LogP contribution in [0, 0.1) is 11.7 Å². The number of pyridine rings is 2. The van der Waals surface area contributed by atoms with Gasteiger partial charge in [-0.1, -0.05) is 19.9 Å². The molecule has 3 amide bonds. The standard InChI is InChI=1S/C27H31F4N7O5/c1-14(2)11-18-23-22(15(28)12-32-18)35-20(36-23)13-38-19(27(29,30)31)10-9-17(25(38)41)33-24(40)16(34-26(42)43)7-5-6-8-21(39)37(3)4/h6,8-10,12,14,16,34H,5,7,11,13H2,1-4H3,(H,33,40)(H,35,36)(H,42,43). The first-order chi connectivity index (χ1) is 20.1. The lowest BCUT2D eigenvalue weighted by Gasteiger charge is -2.18. The van der Waals surface area contributed by atoms with Gasteiger partial charge in [-0.15, -0.1) is 0 Å². The van der Waals surface area contributed by atoms with Crippen LogP contribution in [-0.4, -0.2) is 67.6 Å². The van der Waals surface area contributed by atoms with Crippen molar-refractivity contribution in [1.29, 1.82) is 0 Å². The first-order valence-corrected chi connectivity index (χ1v) is 13.1. The number of carbonyl (C=O) groups excluding carboxylic acids is 2. The minimum atomic E-state index is -4.98. The Morgan fingerprint density at radius 1 is 1.21 bits per heavy atom. The SMILES string of the molecule is CC(C)Cc1ncc(F)c2nc(Cn3c(C(F)(F)F)ccc(NC(=O)C(CCC=CC(=O)N(C)C)NC(=O)O)c3=O)[nH]c12. The molecule has 0 aromatic carbocycles. The van der Waals surface area contributed by atoms with Gasteiger partial charge < -0.3 is 25.6 Å². The van der Waals surface area contributed by atoms with E-state index >= 15 is 0 Å². The number of allylic oxidation sites excluding steroid dienone is 1. The van der Waals surface area contributed by atoms with Gasteiger partial charge in [0.1, 0.15) is 28.8 Å². The second kappa shape index (κ2) is 13.5. The number of fused-ring (bicyclic) bond motifs is 1. The minimum Gasteiger partial charge on any atom is -0.465 e. The first kappa shape index (κ1) is 32.8. The number of nitrogens with one attached hydrogen (secondary N) is 3. The zero-order valence-corrected chi connectivity index (χ0v) is 23.8. The van der Waals surface area contributed by atoms with E-state index in [4.69, 9.17) is 5.11 Å². The molecule has 3 aromatic rings. The molecule has 1 atom stereocenters. The summed E-state index contributed by atoms with van der Waals surface area (Å²) in [7, 11) is 3.05. The Bertz CT molecular complexity index is 1590. The van der Waals surface area contributed by atoms with Gasteiger partial charge in [0, 0.05) is 14.1 Å². The van der Waals surface area contributed by atoms with Crippen LogP contribution in [0.3, 0.4) is 0 Å². The summed E-state index contributed by atoms with van der Waals surface area (Å²) in [5.74, 6) is -2.17. The number of nitrogens with zero attached hydrogens (tertiary/aromatic N) is 4. The van der Waals surface area contributed by atoms with E-state index in [1.807, 2.05) is 19.2 Å². The largest absolute Gasteiger partial charge is 0.465 e. The maximum Gasteiger partial charge on any atom is 0.431 e. The van der Waals surface area contributed by atoms with E-state index < -0.39 is 53.5 Å². The molecule has 0 bridgehead atoms. The normalized spacial score (nSPS) is 12.6. The number of anilines is 1. The molecule has 0 saturated heterocycles. The number of carboxylic acid groups (broad SMARTS) is 1. The lowest BCUT2D eigenvalue weighted by molar-refractivity contribution is -0.144. The Kier molecular flexibility index (Phi) is 10.3. The zero-order valence-electron chi connectivity index (χ0n) is 23.8. The molecule has 0 fully saturated rings. The smallest absolute Gasteiger partial charge is 0.431 e. The van der Waals surface area contributed by atoms with Crippen molar-refractivity contribution in [1.82, 2.24) is 29.7 Å². The van der Waals surface area contributed by atoms with E-state index in [0.29, 0.717) is 22.7 Å². The van der Waals surface area contributed by atoms with E-state index in [9.17, 15) is 36.7 Å². The highest BCUT2D eigenvalue weighted by Gasteiger charge is 2.35. The number of imidazole rings is 1. The average molecular weight is 610 g/mol. The monoisotopic (exact) mass is 609 g/mol. The molecular weight excluding hydrogens is 578 g/mol. The van der Waals surface area contributed by atoms with Crippen LogP contribution in [0.2, 0.25) is 0 Å². The molecule has 12 nitrogen and oxygen atoms in total. The Labute approximate surface area is 242 Å². The molecule has 4 N–H and O–H groups in total. The Morgan fingerprint density at radius 3 is 2.51 bits per heavy atom. The van der Waals surface area contributed by atoms with Crippen LogP contribution >= 0.6 is 0 Å². The fourth-order valence-electron chi connectivity index (χ4n) is 4.14. The Hall–Kier alpha value is -4.76. The first-order valence-electron chi connectivity index (χ1n) is 13.1. The average Bonchev–Trinajstić information content (AvgIpc) is 3.33. The van der Waals surface area contributed by atoms with Crippen molar-refractivity contribution in [2.75, 3.05) is 19.4 Å². The fraction of sp³-hybridized carbons (Fsp3) is 0.407. The van der Waals surface area contributed by atoms with Gasteiger partial charge in [-0.2, -0.15) is 13.2 Å². The van der Waals surface area contributed by atoms with E-state index in [1.165, 1.54) is 31.1 Å². The summed E-state index contributed by atoms with van der Waals surface area (Å²) in [6.07, 6.45) is -2.51. The van der Waals surface area contributed by atoms with Crippen molar-refractivity contribution in [2.24, 2.45) is 5.92 Å². The van der Waals surface area contributed by atoms with Gasteiger partial charge in [0.15, 0.2) is 5.82 Å². The van der Waals surface area contributed by atoms with Crippen LogP contribution in [0.5, 0.6) is 0 Å². The van der Waals surface area contributed by atoms with Crippen molar-refractivity contribution < 1.29 is 37.1 Å². The van der Waals surface area contributed by atoms with Gasteiger partial charge in [-0.25, -0.2) is 14.2 Å². The number of alkyl halides is 3. The highest BCUT2D eigenvalue weighted by molar-refractivity contribution is 5.96. The maximum atomic E-state index is 14.5. The summed E-state index contributed by atoms with van der Waals surface area (Å²) in [6.45, 7) is 3.05. The second-order valence-corrected chi connectivity index (χ2v) is 10.3. The summed E-state index contributed by atoms with van der Waals surface area (Å²) < 4.78 is 56.5. The van der Waals surface area contributed by atoms with Crippen molar-refractivity contribution in [2.45, 2.75) is 51.9 Å². The summed E-state index contributed by atoms with van der Waals surface area (Å²) in [5, 5.41) is 13.3. The molecule has 0 saturated carbocycles. The number of hydrogen-bond donors (Lipinski definition) is 4. The second-order valence-electron chi connectivity index (χ2n) is 10.3. The highest BCUT2D eigenvalue weighted by Crippen LogP contribution is 2.30. The lowest BCUT2D eigenvalue weighted by atomic mass is 10.1. The van der Waals surface area contributed by atoms with Crippen LogP contribution < -0.4 is 16.2 Å². The third kappa shape index (κ3) is 8.39. The van der Waals surface area contributed by atoms with E-state index in [-0.39, 0.29) is 41.5 Å². The maximum absolute atomic E-state index is 14.5. The number of amides is 3. The van der Waals surface area contributed by atoms with Gasteiger partial charge in [-0.05, 0) is 43.4 Å². The molecule has 0 aliphatic rings. The molecule has 1 unspecified atom stereocenters. The molecule has 0 aliphatic carbocycles. The van der Waals surface area contributed by atoms with Gasteiger partial charge in [0.2, 0.25) is 11.8 Å². The molecular formula is C27H31F4N7O5. The van der Waals surface area contributed by atoms with Crippen LogP contribution in [0.1, 0.15) is 43.9 Å². The van der Waals surface area contributed by atoms with E-state index in [2.05, 4.69) is 20.3 Å². The summed E-state index contributed by atoms with van der Waals surface area (Å²) in [5.41, 5.74) is -2.66. The molecule has 3 heterocycles. The number of likely N-dealkylation sites (N-methyl/N-ethyl adjacent to an activating group) is 1. The van der Waals surface area contributed by atoms with Gasteiger partial charge >= 0.3 is 12.3 Å². The fourth-order valence-corrected chi connectivity index (χ4v) is 4.14. The third-order valence-electron chi connectivity index (χ3n) is 6.17. The molecule has 3 rings (SSSR count). The molecule has 232 valence electrons. The van der Waals surface area contributed by atoms with Crippen molar-refractivity contribution >= 4 is 34.6 Å².